The number of rotatable bonds is 6. The van der Waals surface area contributed by atoms with E-state index in [1.54, 1.807) is 24.5 Å². The molecular formula is C19H19N5O3S. The van der Waals surface area contributed by atoms with Crippen LogP contribution in [-0.4, -0.2) is 40.4 Å². The predicted octanol–water partition coefficient (Wildman–Crippen LogP) is 4.07. The van der Waals surface area contributed by atoms with E-state index < -0.39 is 6.09 Å². The molecule has 28 heavy (non-hydrogen) atoms. The minimum atomic E-state index is -0.505. The van der Waals surface area contributed by atoms with Gasteiger partial charge in [-0.1, -0.05) is 6.07 Å². The maximum atomic E-state index is 12.0. The Morgan fingerprint density at radius 2 is 2.18 bits per heavy atom. The maximum absolute atomic E-state index is 12.0. The van der Waals surface area contributed by atoms with E-state index in [1.807, 2.05) is 23.6 Å². The summed E-state index contributed by atoms with van der Waals surface area (Å²) < 4.78 is 10.7. The summed E-state index contributed by atoms with van der Waals surface area (Å²) in [6.45, 7) is 0.996. The van der Waals surface area contributed by atoms with Crippen LogP contribution in [0, 0.1) is 0 Å². The van der Waals surface area contributed by atoms with Crippen molar-refractivity contribution in [2.45, 2.75) is 18.9 Å². The minimum absolute atomic E-state index is 0.000937. The SMILES string of the molecule is O=C(Nc1cccc(Nc2nccc(-c3nccs3)n2)c1)OCC1CCCO1. The summed E-state index contributed by atoms with van der Waals surface area (Å²) in [6, 6.07) is 9.06. The summed E-state index contributed by atoms with van der Waals surface area (Å²) in [7, 11) is 0. The van der Waals surface area contributed by atoms with Gasteiger partial charge in [-0.25, -0.2) is 19.7 Å². The van der Waals surface area contributed by atoms with E-state index in [0.29, 0.717) is 11.6 Å². The summed E-state index contributed by atoms with van der Waals surface area (Å²) >= 11 is 1.51. The van der Waals surface area contributed by atoms with Crippen LogP contribution in [0.4, 0.5) is 22.1 Å². The van der Waals surface area contributed by atoms with Crippen molar-refractivity contribution >= 4 is 34.8 Å². The number of amides is 1. The molecular weight excluding hydrogens is 378 g/mol. The van der Waals surface area contributed by atoms with Gasteiger partial charge in [0.2, 0.25) is 5.95 Å². The van der Waals surface area contributed by atoms with Crippen LogP contribution in [0.1, 0.15) is 12.8 Å². The third-order valence-electron chi connectivity index (χ3n) is 4.10. The predicted molar refractivity (Wildman–Crippen MR) is 107 cm³/mol. The number of carbonyl (C=O) groups is 1. The van der Waals surface area contributed by atoms with E-state index in [0.717, 1.165) is 35.8 Å². The summed E-state index contributed by atoms with van der Waals surface area (Å²) in [5.41, 5.74) is 2.10. The number of hydrogen-bond acceptors (Lipinski definition) is 8. The van der Waals surface area contributed by atoms with Gasteiger partial charge < -0.3 is 14.8 Å². The molecule has 1 aliphatic rings. The van der Waals surface area contributed by atoms with E-state index in [-0.39, 0.29) is 12.7 Å². The third kappa shape index (κ3) is 4.81. The fourth-order valence-electron chi connectivity index (χ4n) is 2.79. The number of nitrogens with one attached hydrogen (secondary N) is 2. The molecule has 1 fully saturated rings. The van der Waals surface area contributed by atoms with Gasteiger partial charge in [-0.2, -0.15) is 0 Å². The lowest BCUT2D eigenvalue weighted by atomic mass is 10.2. The number of carbonyl (C=O) groups excluding carboxylic acids is 1. The van der Waals surface area contributed by atoms with Crippen LogP contribution in [-0.2, 0) is 9.47 Å². The molecule has 2 N–H and O–H groups in total. The molecule has 3 aromatic rings. The average molecular weight is 397 g/mol. The molecule has 1 atom stereocenters. The summed E-state index contributed by atoms with van der Waals surface area (Å²) in [5.74, 6) is 0.450. The summed E-state index contributed by atoms with van der Waals surface area (Å²) in [4.78, 5) is 24.9. The number of nitrogens with zero attached hydrogens (tertiary/aromatic N) is 3. The molecule has 4 rings (SSSR count). The van der Waals surface area contributed by atoms with Crippen LogP contribution in [0.2, 0.25) is 0 Å². The van der Waals surface area contributed by atoms with E-state index in [2.05, 4.69) is 25.6 Å². The van der Waals surface area contributed by atoms with Gasteiger partial charge in [0, 0.05) is 35.8 Å². The van der Waals surface area contributed by atoms with Crippen molar-refractivity contribution in [2.24, 2.45) is 0 Å². The second kappa shape index (κ2) is 8.77. The van der Waals surface area contributed by atoms with Crippen LogP contribution in [0.5, 0.6) is 0 Å². The third-order valence-corrected chi connectivity index (χ3v) is 4.89. The fourth-order valence-corrected chi connectivity index (χ4v) is 3.40. The first kappa shape index (κ1) is 18.3. The highest BCUT2D eigenvalue weighted by molar-refractivity contribution is 7.13. The van der Waals surface area contributed by atoms with Crippen molar-refractivity contribution in [2.75, 3.05) is 23.8 Å². The Kier molecular flexibility index (Phi) is 5.74. The number of benzene rings is 1. The minimum Gasteiger partial charge on any atom is -0.447 e. The van der Waals surface area contributed by atoms with Gasteiger partial charge in [-0.3, -0.25) is 5.32 Å². The Bertz CT molecular complexity index is 929. The Balaban J connectivity index is 1.37. The van der Waals surface area contributed by atoms with Crippen LogP contribution >= 0.6 is 11.3 Å². The van der Waals surface area contributed by atoms with E-state index in [9.17, 15) is 4.79 Å². The monoisotopic (exact) mass is 397 g/mol. The smallest absolute Gasteiger partial charge is 0.411 e. The second-order valence-electron chi connectivity index (χ2n) is 6.17. The maximum Gasteiger partial charge on any atom is 0.411 e. The molecule has 144 valence electrons. The zero-order valence-electron chi connectivity index (χ0n) is 15.0. The fraction of sp³-hybridized carbons (Fsp3) is 0.263. The normalized spacial score (nSPS) is 15.9. The molecule has 1 amide bonds. The molecule has 1 unspecified atom stereocenters. The first-order valence-electron chi connectivity index (χ1n) is 8.92. The quantitative estimate of drug-likeness (QED) is 0.647. The van der Waals surface area contributed by atoms with Crippen molar-refractivity contribution in [1.82, 2.24) is 15.0 Å². The summed E-state index contributed by atoms with van der Waals surface area (Å²) in [5, 5.41) is 8.59. The highest BCUT2D eigenvalue weighted by Gasteiger charge is 2.17. The second-order valence-corrected chi connectivity index (χ2v) is 7.06. The lowest BCUT2D eigenvalue weighted by Gasteiger charge is -2.12. The van der Waals surface area contributed by atoms with Gasteiger partial charge in [0.25, 0.3) is 0 Å². The molecule has 9 heteroatoms. The average Bonchev–Trinajstić information content (AvgIpc) is 3.41. The van der Waals surface area contributed by atoms with Crippen LogP contribution < -0.4 is 10.6 Å². The van der Waals surface area contributed by atoms with Crippen molar-refractivity contribution in [3.05, 3.63) is 48.1 Å². The largest absolute Gasteiger partial charge is 0.447 e. The Hall–Kier alpha value is -3.04. The first-order valence-corrected chi connectivity index (χ1v) is 9.79. The van der Waals surface area contributed by atoms with Gasteiger partial charge in [-0.05, 0) is 37.1 Å². The lowest BCUT2D eigenvalue weighted by molar-refractivity contribution is 0.0484. The van der Waals surface area contributed by atoms with Crippen LogP contribution in [0.3, 0.4) is 0 Å². The van der Waals surface area contributed by atoms with Gasteiger partial charge in [0.1, 0.15) is 17.3 Å². The van der Waals surface area contributed by atoms with Gasteiger partial charge in [0.15, 0.2) is 0 Å². The zero-order valence-corrected chi connectivity index (χ0v) is 15.8. The number of aromatic nitrogens is 3. The van der Waals surface area contributed by atoms with Crippen molar-refractivity contribution in [1.29, 1.82) is 0 Å². The molecule has 3 heterocycles. The molecule has 1 saturated heterocycles. The molecule has 2 aromatic heterocycles. The number of hydrogen-bond donors (Lipinski definition) is 2. The molecule has 1 aliphatic heterocycles. The molecule has 0 spiro atoms. The van der Waals surface area contributed by atoms with Gasteiger partial charge >= 0.3 is 6.09 Å². The Labute approximate surface area is 166 Å². The van der Waals surface area contributed by atoms with Crippen molar-refractivity contribution < 1.29 is 14.3 Å². The van der Waals surface area contributed by atoms with E-state index in [1.165, 1.54) is 11.3 Å². The van der Waals surface area contributed by atoms with Crippen molar-refractivity contribution in [3.63, 3.8) is 0 Å². The molecule has 0 aliphatic carbocycles. The Morgan fingerprint density at radius 1 is 1.25 bits per heavy atom. The highest BCUT2D eigenvalue weighted by atomic mass is 32.1. The van der Waals surface area contributed by atoms with Gasteiger partial charge in [-0.15, -0.1) is 11.3 Å². The van der Waals surface area contributed by atoms with E-state index in [4.69, 9.17) is 9.47 Å². The summed E-state index contributed by atoms with van der Waals surface area (Å²) in [6.07, 6.45) is 4.84. The highest BCUT2D eigenvalue weighted by Crippen LogP contribution is 2.22. The molecule has 0 saturated carbocycles. The van der Waals surface area contributed by atoms with E-state index >= 15 is 0 Å². The van der Waals surface area contributed by atoms with Crippen LogP contribution in [0.25, 0.3) is 10.7 Å². The van der Waals surface area contributed by atoms with Crippen LogP contribution in [0.15, 0.2) is 48.1 Å². The number of ether oxygens (including phenoxy) is 2. The standard InChI is InChI=1S/C19H19N5O3S/c25-19(27-12-15-5-2-9-26-15)23-14-4-1-3-13(11-14)22-18-21-7-6-16(24-18)17-20-8-10-28-17/h1,3-4,6-8,10-11,15H,2,5,9,12H2,(H,23,25)(H,21,22,24). The topological polar surface area (TPSA) is 98.3 Å². The number of thiazole rings is 1. The molecule has 0 radical (unpaired) electrons. The molecule has 8 nitrogen and oxygen atoms in total. The van der Waals surface area contributed by atoms with Crippen molar-refractivity contribution in [3.8, 4) is 10.7 Å². The lowest BCUT2D eigenvalue weighted by Crippen LogP contribution is -2.21. The molecule has 1 aromatic carbocycles. The Morgan fingerprint density at radius 3 is 3.00 bits per heavy atom. The van der Waals surface area contributed by atoms with Gasteiger partial charge in [0.05, 0.1) is 6.10 Å². The molecule has 0 bridgehead atoms. The zero-order chi connectivity index (χ0) is 19.2. The first-order chi connectivity index (χ1) is 13.8. The number of anilines is 3.